The van der Waals surface area contributed by atoms with Crippen molar-refractivity contribution < 1.29 is 45.7 Å². The molecule has 0 spiro atoms. The van der Waals surface area contributed by atoms with Gasteiger partial charge in [0.25, 0.3) is 11.2 Å². The highest BCUT2D eigenvalue weighted by Crippen LogP contribution is 2.43. The summed E-state index contributed by atoms with van der Waals surface area (Å²) in [5.41, 5.74) is -5.76. The molecule has 0 atom stereocenters. The van der Waals surface area contributed by atoms with Crippen molar-refractivity contribution in [1.82, 2.24) is 14.3 Å². The smallest absolute Gasteiger partial charge is 0.428 e. The first-order valence-electron chi connectivity index (χ1n) is 9.47. The van der Waals surface area contributed by atoms with Crippen LogP contribution in [-0.4, -0.2) is 48.5 Å². The van der Waals surface area contributed by atoms with Gasteiger partial charge in [0.2, 0.25) is 0 Å². The molecule has 34 heavy (non-hydrogen) atoms. The van der Waals surface area contributed by atoms with Crippen LogP contribution >= 0.6 is 0 Å². The van der Waals surface area contributed by atoms with Gasteiger partial charge in [0, 0.05) is 29.1 Å². The molecule has 0 aliphatic rings. The molecule has 3 rings (SSSR count). The summed E-state index contributed by atoms with van der Waals surface area (Å²) in [6.45, 7) is -1.23. The number of halogens is 7. The number of rotatable bonds is 6. The fraction of sp³-hybridized carbons (Fsp3) is 0.350. The second-order valence-electron chi connectivity index (χ2n) is 7.56. The lowest BCUT2D eigenvalue weighted by Crippen LogP contribution is -2.60. The van der Waals surface area contributed by atoms with Crippen LogP contribution in [-0.2, 0) is 24.3 Å². The van der Waals surface area contributed by atoms with Gasteiger partial charge in [-0.1, -0.05) is 0 Å². The van der Waals surface area contributed by atoms with Gasteiger partial charge in [-0.2, -0.15) is 31.4 Å². The predicted octanol–water partition coefficient (Wildman–Crippen LogP) is 3.18. The van der Waals surface area contributed by atoms with Crippen LogP contribution in [0, 0.1) is 12.7 Å². The Morgan fingerprint density at radius 2 is 1.68 bits per heavy atom. The van der Waals surface area contributed by atoms with E-state index in [2.05, 4.69) is 5.10 Å². The van der Waals surface area contributed by atoms with Crippen molar-refractivity contribution in [2.75, 3.05) is 0 Å². The third-order valence-corrected chi connectivity index (χ3v) is 5.31. The Kier molecular flexibility index (Phi) is 6.24. The van der Waals surface area contributed by atoms with E-state index in [0.29, 0.717) is 22.8 Å². The Hall–Kier alpha value is -3.42. The lowest BCUT2D eigenvalue weighted by molar-refractivity contribution is -0.372. The monoisotopic (exact) mass is 495 g/mol. The van der Waals surface area contributed by atoms with Crippen LogP contribution in [0.5, 0.6) is 0 Å². The summed E-state index contributed by atoms with van der Waals surface area (Å²) in [6, 6.07) is 5.25. The molecule has 0 fully saturated rings. The highest BCUT2D eigenvalue weighted by molar-refractivity contribution is 5.87. The van der Waals surface area contributed by atoms with Crippen LogP contribution < -0.4 is 5.56 Å². The van der Waals surface area contributed by atoms with Crippen LogP contribution in [0.15, 0.2) is 35.1 Å². The van der Waals surface area contributed by atoms with E-state index in [9.17, 15) is 45.4 Å². The average Bonchev–Trinajstić information content (AvgIpc) is 2.93. The average molecular weight is 495 g/mol. The highest BCUT2D eigenvalue weighted by Gasteiger charge is 2.70. The number of nitrogens with zero attached hydrogens (tertiary/aromatic N) is 3. The standard InChI is InChI=1S/C20H16F7N3O4/c1-10-13(14-6-11(21)2-4-15(14)29(10)8-17(32)33)7-12-3-5-16(31)30(28-12)9-18(34,19(22,23)24)20(25,26)27/h2-6,34H,7-9H2,1H3,(H,32,33). The zero-order valence-electron chi connectivity index (χ0n) is 17.2. The Labute approximate surface area is 185 Å². The molecule has 7 nitrogen and oxygen atoms in total. The van der Waals surface area contributed by atoms with Crippen molar-refractivity contribution in [3.05, 3.63) is 63.5 Å². The third kappa shape index (κ3) is 4.49. The van der Waals surface area contributed by atoms with Gasteiger partial charge in [-0.3, -0.25) is 9.59 Å². The number of aromatic nitrogens is 3. The molecule has 0 aliphatic carbocycles. The third-order valence-electron chi connectivity index (χ3n) is 5.31. The van der Waals surface area contributed by atoms with Gasteiger partial charge in [-0.05, 0) is 36.8 Å². The van der Waals surface area contributed by atoms with Crippen LogP contribution in [0.1, 0.15) is 17.0 Å². The maximum atomic E-state index is 13.9. The lowest BCUT2D eigenvalue weighted by atomic mass is 10.0. The highest BCUT2D eigenvalue weighted by atomic mass is 19.4. The topological polar surface area (TPSA) is 97.4 Å². The number of carbonyl (C=O) groups is 1. The predicted molar refractivity (Wildman–Crippen MR) is 103 cm³/mol. The Bertz CT molecular complexity index is 1290. The van der Waals surface area contributed by atoms with Gasteiger partial charge in [0.05, 0.1) is 12.2 Å². The molecule has 0 saturated heterocycles. The molecule has 3 aromatic rings. The molecule has 2 N–H and O–H groups in total. The molecule has 0 bridgehead atoms. The van der Waals surface area contributed by atoms with Crippen LogP contribution in [0.3, 0.4) is 0 Å². The fourth-order valence-electron chi connectivity index (χ4n) is 3.52. The number of alkyl halides is 6. The zero-order valence-corrected chi connectivity index (χ0v) is 17.2. The molecule has 184 valence electrons. The molecule has 0 radical (unpaired) electrons. The van der Waals surface area contributed by atoms with E-state index in [1.807, 2.05) is 0 Å². The van der Waals surface area contributed by atoms with Crippen molar-refractivity contribution in [3.63, 3.8) is 0 Å². The second-order valence-corrected chi connectivity index (χ2v) is 7.56. The van der Waals surface area contributed by atoms with Crippen molar-refractivity contribution in [1.29, 1.82) is 0 Å². The van der Waals surface area contributed by atoms with Crippen LogP contribution in [0.4, 0.5) is 30.7 Å². The molecule has 1 aromatic carbocycles. The van der Waals surface area contributed by atoms with Gasteiger partial charge < -0.3 is 14.8 Å². The number of carboxylic acids is 1. The minimum atomic E-state index is -6.15. The van der Waals surface area contributed by atoms with Crippen molar-refractivity contribution >= 4 is 16.9 Å². The first-order valence-corrected chi connectivity index (χ1v) is 9.47. The van der Waals surface area contributed by atoms with Crippen molar-refractivity contribution in [2.24, 2.45) is 0 Å². The zero-order chi connectivity index (χ0) is 25.6. The number of carboxylic acid groups (broad SMARTS) is 1. The molecule has 14 heteroatoms. The quantitative estimate of drug-likeness (QED) is 0.513. The Balaban J connectivity index is 2.09. The Morgan fingerprint density at radius 3 is 2.24 bits per heavy atom. The van der Waals surface area contributed by atoms with Gasteiger partial charge in [0.1, 0.15) is 12.4 Å². The molecule has 2 heterocycles. The maximum absolute atomic E-state index is 13.9. The normalized spacial score (nSPS) is 13.0. The summed E-state index contributed by atoms with van der Waals surface area (Å²) < 4.78 is 93.3. The molecule has 0 amide bonds. The lowest BCUT2D eigenvalue weighted by Gasteiger charge is -2.32. The molecule has 2 aromatic heterocycles. The van der Waals surface area contributed by atoms with Crippen LogP contribution in [0.25, 0.3) is 10.9 Å². The van der Waals surface area contributed by atoms with E-state index in [0.717, 1.165) is 18.2 Å². The van der Waals surface area contributed by atoms with E-state index in [-0.39, 0.29) is 22.2 Å². The van der Waals surface area contributed by atoms with E-state index in [1.165, 1.54) is 17.6 Å². The summed E-state index contributed by atoms with van der Waals surface area (Å²) >= 11 is 0. The maximum Gasteiger partial charge on any atom is 0.428 e. The van der Waals surface area contributed by atoms with Gasteiger partial charge >= 0.3 is 18.3 Å². The second kappa shape index (κ2) is 8.42. The number of aliphatic hydroxyl groups is 1. The summed E-state index contributed by atoms with van der Waals surface area (Å²) in [7, 11) is 0. The number of fused-ring (bicyclic) bond motifs is 1. The number of aliphatic carboxylic acids is 1. The SMILES string of the molecule is Cc1c(Cc2ccc(=O)n(CC(O)(C(F)(F)F)C(F)(F)F)n2)c2cc(F)ccc2n1CC(=O)O. The fourth-order valence-corrected chi connectivity index (χ4v) is 3.52. The van der Waals surface area contributed by atoms with Crippen molar-refractivity contribution in [2.45, 2.75) is 44.4 Å². The summed E-state index contributed by atoms with van der Waals surface area (Å²) in [4.78, 5) is 23.2. The van der Waals surface area contributed by atoms with E-state index in [1.54, 1.807) is 0 Å². The summed E-state index contributed by atoms with van der Waals surface area (Å²) in [6.07, 6.45) is -12.6. The minimum absolute atomic E-state index is 0.150. The van der Waals surface area contributed by atoms with E-state index >= 15 is 0 Å². The largest absolute Gasteiger partial charge is 0.480 e. The molecular formula is C20H16F7N3O4. The first kappa shape index (κ1) is 25.2. The molecular weight excluding hydrogens is 479 g/mol. The molecule has 0 unspecified atom stereocenters. The van der Waals surface area contributed by atoms with Crippen LogP contribution in [0.2, 0.25) is 0 Å². The van der Waals surface area contributed by atoms with Crippen molar-refractivity contribution in [3.8, 4) is 0 Å². The minimum Gasteiger partial charge on any atom is -0.480 e. The Morgan fingerprint density at radius 1 is 1.06 bits per heavy atom. The van der Waals surface area contributed by atoms with Gasteiger partial charge in [0.15, 0.2) is 0 Å². The molecule has 0 aliphatic heterocycles. The number of benzene rings is 1. The summed E-state index contributed by atoms with van der Waals surface area (Å²) in [5, 5.41) is 22.3. The molecule has 0 saturated carbocycles. The van der Waals surface area contributed by atoms with E-state index < -0.39 is 48.4 Å². The summed E-state index contributed by atoms with van der Waals surface area (Å²) in [5.74, 6) is -1.87. The van der Waals surface area contributed by atoms with Gasteiger partial charge in [-0.15, -0.1) is 0 Å². The number of hydrogen-bond donors (Lipinski definition) is 2. The number of hydrogen-bond acceptors (Lipinski definition) is 4. The van der Waals surface area contributed by atoms with E-state index in [4.69, 9.17) is 5.11 Å². The van der Waals surface area contributed by atoms with Gasteiger partial charge in [-0.25, -0.2) is 9.07 Å². The first-order chi connectivity index (χ1) is 15.5.